The van der Waals surface area contributed by atoms with Crippen molar-refractivity contribution < 1.29 is 19.1 Å². The Hall–Kier alpha value is -3.58. The summed E-state index contributed by atoms with van der Waals surface area (Å²) in [4.78, 5) is 39.8. The Kier molecular flexibility index (Phi) is 6.83. The third-order valence-corrected chi connectivity index (χ3v) is 7.05. The average molecular weight is 534 g/mol. The van der Waals surface area contributed by atoms with E-state index in [-0.39, 0.29) is 34.0 Å². The fraction of sp³-hybridized carbons (Fsp3) is 0.0357. The van der Waals surface area contributed by atoms with E-state index in [2.05, 4.69) is 0 Å². The van der Waals surface area contributed by atoms with Crippen molar-refractivity contribution in [2.45, 2.75) is 6.54 Å². The van der Waals surface area contributed by atoms with E-state index in [1.54, 1.807) is 36.4 Å². The lowest BCUT2D eigenvalue weighted by molar-refractivity contribution is -0.123. The number of amides is 2. The number of halogens is 2. The minimum absolute atomic E-state index is 0.182. The number of nitrogens with zero attached hydrogens (tertiary/aromatic N) is 1. The van der Waals surface area contributed by atoms with Crippen LogP contribution < -0.4 is 4.74 Å². The third-order valence-electron chi connectivity index (χ3n) is 5.60. The van der Waals surface area contributed by atoms with Gasteiger partial charge in [0.15, 0.2) is 0 Å². The maximum atomic E-state index is 13.1. The van der Waals surface area contributed by atoms with E-state index >= 15 is 0 Å². The van der Waals surface area contributed by atoms with Gasteiger partial charge in [0.2, 0.25) is 0 Å². The Labute approximate surface area is 221 Å². The molecule has 0 spiro atoms. The quantitative estimate of drug-likeness (QED) is 0.150. The van der Waals surface area contributed by atoms with E-state index in [1.807, 2.05) is 42.5 Å². The van der Waals surface area contributed by atoms with E-state index in [9.17, 15) is 14.4 Å². The van der Waals surface area contributed by atoms with Crippen molar-refractivity contribution in [3.8, 4) is 5.75 Å². The van der Waals surface area contributed by atoms with Gasteiger partial charge in [0, 0.05) is 5.02 Å². The maximum absolute atomic E-state index is 13.1. The molecule has 1 fully saturated rings. The molecule has 1 heterocycles. The molecule has 0 radical (unpaired) electrons. The molecule has 5 rings (SSSR count). The number of benzene rings is 4. The molecular formula is C28H17Cl2NO4S. The highest BCUT2D eigenvalue weighted by molar-refractivity contribution is 8.18. The number of ether oxygens (including phenoxy) is 1. The van der Waals surface area contributed by atoms with Gasteiger partial charge in [0.05, 0.1) is 22.0 Å². The highest BCUT2D eigenvalue weighted by atomic mass is 35.5. The molecule has 5 nitrogen and oxygen atoms in total. The fourth-order valence-electron chi connectivity index (χ4n) is 3.87. The SMILES string of the molecule is O=C(Oc1cccc(/C=C2\SC(=O)N(Cc3cccc4ccccc34)C2=O)c1)c1ccc(Cl)cc1Cl. The highest BCUT2D eigenvalue weighted by Gasteiger charge is 2.35. The molecule has 1 aliphatic rings. The Balaban J connectivity index is 1.34. The number of imide groups is 1. The summed E-state index contributed by atoms with van der Waals surface area (Å²) >= 11 is 12.9. The van der Waals surface area contributed by atoms with Gasteiger partial charge < -0.3 is 4.74 Å². The van der Waals surface area contributed by atoms with Gasteiger partial charge in [-0.05, 0) is 70.1 Å². The standard InChI is InChI=1S/C28H17Cl2NO4S/c29-20-11-12-23(24(30)15-20)27(33)35-21-9-3-5-17(13-21)14-25-26(32)31(28(34)36-25)16-19-8-4-7-18-6-1-2-10-22(18)19/h1-15H,16H2/b25-14-. The van der Waals surface area contributed by atoms with Gasteiger partial charge in [0.1, 0.15) is 5.75 Å². The molecule has 0 N–H and O–H groups in total. The third kappa shape index (κ3) is 5.02. The van der Waals surface area contributed by atoms with Gasteiger partial charge in [-0.2, -0.15) is 0 Å². The van der Waals surface area contributed by atoms with Gasteiger partial charge in [-0.3, -0.25) is 14.5 Å². The first-order valence-electron chi connectivity index (χ1n) is 10.9. The van der Waals surface area contributed by atoms with Crippen molar-refractivity contribution >= 4 is 68.9 Å². The summed E-state index contributed by atoms with van der Waals surface area (Å²) in [6, 6.07) is 24.8. The summed E-state index contributed by atoms with van der Waals surface area (Å²) in [6.45, 7) is 0.183. The van der Waals surface area contributed by atoms with E-state index in [4.69, 9.17) is 27.9 Å². The monoisotopic (exact) mass is 533 g/mol. The van der Waals surface area contributed by atoms with Gasteiger partial charge >= 0.3 is 5.97 Å². The van der Waals surface area contributed by atoms with Crippen LogP contribution in [0.4, 0.5) is 4.79 Å². The van der Waals surface area contributed by atoms with Crippen molar-refractivity contribution in [1.82, 2.24) is 4.90 Å². The molecule has 1 saturated heterocycles. The van der Waals surface area contributed by atoms with E-state index in [0.717, 1.165) is 28.1 Å². The topological polar surface area (TPSA) is 63.7 Å². The second-order valence-electron chi connectivity index (χ2n) is 7.99. The molecule has 0 saturated carbocycles. The molecule has 0 bridgehead atoms. The number of carbonyl (C=O) groups excluding carboxylic acids is 3. The summed E-state index contributed by atoms with van der Waals surface area (Å²) in [6.07, 6.45) is 1.61. The van der Waals surface area contributed by atoms with Crippen molar-refractivity contribution in [3.05, 3.63) is 117 Å². The van der Waals surface area contributed by atoms with Crippen LogP contribution in [-0.4, -0.2) is 22.0 Å². The highest BCUT2D eigenvalue weighted by Crippen LogP contribution is 2.34. The molecular weight excluding hydrogens is 517 g/mol. The Bertz CT molecular complexity index is 1560. The molecule has 4 aromatic rings. The van der Waals surface area contributed by atoms with Crippen molar-refractivity contribution in [2.24, 2.45) is 0 Å². The Morgan fingerprint density at radius 2 is 1.69 bits per heavy atom. The zero-order valence-electron chi connectivity index (χ0n) is 18.6. The van der Waals surface area contributed by atoms with Crippen LogP contribution in [0.3, 0.4) is 0 Å². The van der Waals surface area contributed by atoms with Crippen molar-refractivity contribution in [1.29, 1.82) is 0 Å². The van der Waals surface area contributed by atoms with Gasteiger partial charge in [0.25, 0.3) is 11.1 Å². The number of rotatable bonds is 5. The first kappa shape index (κ1) is 24.1. The molecule has 4 aromatic carbocycles. The number of fused-ring (bicyclic) bond motifs is 1. The molecule has 178 valence electrons. The summed E-state index contributed by atoms with van der Waals surface area (Å²) in [5.41, 5.74) is 1.69. The molecule has 0 aromatic heterocycles. The van der Waals surface area contributed by atoms with Crippen molar-refractivity contribution in [2.75, 3.05) is 0 Å². The zero-order valence-corrected chi connectivity index (χ0v) is 20.9. The summed E-state index contributed by atoms with van der Waals surface area (Å²) in [7, 11) is 0. The van der Waals surface area contributed by atoms with Crippen LogP contribution in [0.15, 0.2) is 89.8 Å². The lowest BCUT2D eigenvalue weighted by atomic mass is 10.0. The molecule has 8 heteroatoms. The fourth-order valence-corrected chi connectivity index (χ4v) is 5.20. The minimum atomic E-state index is -0.635. The van der Waals surface area contributed by atoms with Crippen LogP contribution in [0.1, 0.15) is 21.5 Å². The normalized spacial score (nSPS) is 14.6. The minimum Gasteiger partial charge on any atom is -0.423 e. The maximum Gasteiger partial charge on any atom is 0.345 e. The molecule has 0 unspecified atom stereocenters. The molecule has 0 atom stereocenters. The Morgan fingerprint density at radius 3 is 2.53 bits per heavy atom. The van der Waals surface area contributed by atoms with Crippen LogP contribution >= 0.6 is 35.0 Å². The smallest absolute Gasteiger partial charge is 0.345 e. The lowest BCUT2D eigenvalue weighted by Gasteiger charge is -2.14. The molecule has 2 amide bonds. The number of thioether (sulfide) groups is 1. The van der Waals surface area contributed by atoms with Crippen LogP contribution in [-0.2, 0) is 11.3 Å². The first-order chi connectivity index (χ1) is 17.4. The first-order valence-corrected chi connectivity index (χ1v) is 12.5. The van der Waals surface area contributed by atoms with Crippen LogP contribution in [0, 0.1) is 0 Å². The van der Waals surface area contributed by atoms with E-state index < -0.39 is 5.97 Å². The second-order valence-corrected chi connectivity index (χ2v) is 9.83. The van der Waals surface area contributed by atoms with Crippen LogP contribution in [0.5, 0.6) is 5.75 Å². The summed E-state index contributed by atoms with van der Waals surface area (Å²) in [5, 5.41) is 2.30. The average Bonchev–Trinajstić information content (AvgIpc) is 3.11. The van der Waals surface area contributed by atoms with E-state index in [0.29, 0.717) is 15.5 Å². The largest absolute Gasteiger partial charge is 0.423 e. The molecule has 0 aliphatic carbocycles. The zero-order chi connectivity index (χ0) is 25.2. The van der Waals surface area contributed by atoms with Crippen LogP contribution in [0.25, 0.3) is 16.8 Å². The number of hydrogen-bond donors (Lipinski definition) is 0. The predicted octanol–water partition coefficient (Wildman–Crippen LogP) is 7.60. The van der Waals surface area contributed by atoms with Crippen molar-refractivity contribution in [3.63, 3.8) is 0 Å². The number of carbonyl (C=O) groups is 3. The Morgan fingerprint density at radius 1 is 0.917 bits per heavy atom. The number of hydrogen-bond acceptors (Lipinski definition) is 5. The van der Waals surface area contributed by atoms with Gasteiger partial charge in [-0.15, -0.1) is 0 Å². The number of esters is 1. The summed E-state index contributed by atoms with van der Waals surface area (Å²) < 4.78 is 5.45. The lowest BCUT2D eigenvalue weighted by Crippen LogP contribution is -2.27. The summed E-state index contributed by atoms with van der Waals surface area (Å²) in [5.74, 6) is -0.729. The molecule has 1 aliphatic heterocycles. The second kappa shape index (κ2) is 10.2. The van der Waals surface area contributed by atoms with Gasteiger partial charge in [-0.1, -0.05) is 77.8 Å². The molecule has 36 heavy (non-hydrogen) atoms. The van der Waals surface area contributed by atoms with E-state index in [1.165, 1.54) is 17.0 Å². The van der Waals surface area contributed by atoms with Crippen LogP contribution in [0.2, 0.25) is 10.0 Å². The van der Waals surface area contributed by atoms with Gasteiger partial charge in [-0.25, -0.2) is 4.79 Å². The predicted molar refractivity (Wildman–Crippen MR) is 143 cm³/mol.